The molecule has 110 valence electrons. The molecule has 1 aromatic rings. The highest BCUT2D eigenvalue weighted by Gasteiger charge is 2.26. The second-order valence-electron chi connectivity index (χ2n) is 5.53. The maximum Gasteiger partial charge on any atom is 0.306 e. The predicted octanol–water partition coefficient (Wildman–Crippen LogP) is 2.57. The Morgan fingerprint density at radius 3 is 2.65 bits per heavy atom. The minimum absolute atomic E-state index is 0.176. The van der Waals surface area contributed by atoms with Crippen molar-refractivity contribution < 1.29 is 14.6 Å². The van der Waals surface area contributed by atoms with Crippen molar-refractivity contribution in [3.8, 4) is 0 Å². The number of ether oxygens (including phenoxy) is 1. The van der Waals surface area contributed by atoms with Crippen molar-refractivity contribution in [3.63, 3.8) is 0 Å². The summed E-state index contributed by atoms with van der Waals surface area (Å²) in [4.78, 5) is 11.0. The van der Waals surface area contributed by atoms with Crippen molar-refractivity contribution in [1.29, 1.82) is 0 Å². The van der Waals surface area contributed by atoms with Crippen LogP contribution in [0.25, 0.3) is 0 Å². The normalized spacial score (nSPS) is 22.6. The van der Waals surface area contributed by atoms with Gasteiger partial charge in [0.25, 0.3) is 0 Å². The van der Waals surface area contributed by atoms with Gasteiger partial charge in [-0.3, -0.25) is 4.79 Å². The second kappa shape index (κ2) is 7.41. The molecular formula is C16H23NO3. The molecule has 2 N–H and O–H groups in total. The Hall–Kier alpha value is -1.39. The van der Waals surface area contributed by atoms with Gasteiger partial charge in [0, 0.05) is 19.7 Å². The molecule has 1 saturated carbocycles. The van der Waals surface area contributed by atoms with Crippen LogP contribution in [0.1, 0.15) is 36.8 Å². The van der Waals surface area contributed by atoms with Crippen molar-refractivity contribution in [2.45, 2.75) is 44.9 Å². The summed E-state index contributed by atoms with van der Waals surface area (Å²) in [5.41, 5.74) is 2.39. The molecule has 1 aliphatic carbocycles. The standard InChI is InChI=1S/C16H23NO3/c1-20-11-13-7-5-12(6-8-13)10-17-15-4-2-3-14(9-15)16(18)19/h5-8,14-15,17H,2-4,9-11H2,1H3,(H,18,19). The number of carboxylic acid groups (broad SMARTS) is 1. The van der Waals surface area contributed by atoms with E-state index < -0.39 is 5.97 Å². The fourth-order valence-corrected chi connectivity index (χ4v) is 2.78. The molecule has 1 aliphatic rings. The average molecular weight is 277 g/mol. The second-order valence-corrected chi connectivity index (χ2v) is 5.53. The summed E-state index contributed by atoms with van der Waals surface area (Å²) in [7, 11) is 1.69. The molecule has 0 spiro atoms. The monoisotopic (exact) mass is 277 g/mol. The van der Waals surface area contributed by atoms with Gasteiger partial charge in [-0.2, -0.15) is 0 Å². The minimum Gasteiger partial charge on any atom is -0.481 e. The smallest absolute Gasteiger partial charge is 0.306 e. The quantitative estimate of drug-likeness (QED) is 0.839. The number of nitrogens with one attached hydrogen (secondary N) is 1. The topological polar surface area (TPSA) is 58.6 Å². The molecule has 0 radical (unpaired) electrons. The zero-order chi connectivity index (χ0) is 14.4. The van der Waals surface area contributed by atoms with Gasteiger partial charge in [-0.1, -0.05) is 30.7 Å². The molecule has 1 aromatic carbocycles. The summed E-state index contributed by atoms with van der Waals surface area (Å²) < 4.78 is 5.09. The first-order chi connectivity index (χ1) is 9.69. The Bertz CT molecular complexity index is 430. The van der Waals surface area contributed by atoms with Crippen LogP contribution >= 0.6 is 0 Å². The van der Waals surface area contributed by atoms with Crippen LogP contribution in [0.15, 0.2) is 24.3 Å². The van der Waals surface area contributed by atoms with Gasteiger partial charge in [0.15, 0.2) is 0 Å². The van der Waals surface area contributed by atoms with Gasteiger partial charge in [0.1, 0.15) is 0 Å². The number of carbonyl (C=O) groups is 1. The summed E-state index contributed by atoms with van der Waals surface area (Å²) in [6.45, 7) is 1.43. The van der Waals surface area contributed by atoms with Gasteiger partial charge in [0.05, 0.1) is 12.5 Å². The molecule has 4 nitrogen and oxygen atoms in total. The number of hydrogen-bond acceptors (Lipinski definition) is 3. The van der Waals surface area contributed by atoms with Crippen LogP contribution in [0.2, 0.25) is 0 Å². The van der Waals surface area contributed by atoms with E-state index in [2.05, 4.69) is 29.6 Å². The van der Waals surface area contributed by atoms with Crippen LogP contribution in [0, 0.1) is 5.92 Å². The lowest BCUT2D eigenvalue weighted by atomic mass is 9.86. The zero-order valence-electron chi connectivity index (χ0n) is 12.0. The Labute approximate surface area is 120 Å². The van der Waals surface area contributed by atoms with E-state index in [1.807, 2.05) is 0 Å². The first-order valence-corrected chi connectivity index (χ1v) is 7.22. The van der Waals surface area contributed by atoms with Crippen molar-refractivity contribution >= 4 is 5.97 Å². The lowest BCUT2D eigenvalue weighted by Gasteiger charge is -2.27. The fourth-order valence-electron chi connectivity index (χ4n) is 2.78. The van der Waals surface area contributed by atoms with Crippen LogP contribution in [0.3, 0.4) is 0 Å². The van der Waals surface area contributed by atoms with Crippen LogP contribution < -0.4 is 5.32 Å². The third kappa shape index (κ3) is 4.32. The molecule has 4 heteroatoms. The van der Waals surface area contributed by atoms with E-state index in [0.717, 1.165) is 32.2 Å². The number of benzene rings is 1. The van der Waals surface area contributed by atoms with Crippen LogP contribution in [-0.4, -0.2) is 24.2 Å². The highest BCUT2D eigenvalue weighted by atomic mass is 16.5. The third-order valence-electron chi connectivity index (χ3n) is 3.95. The Balaban J connectivity index is 1.80. The lowest BCUT2D eigenvalue weighted by molar-refractivity contribution is -0.143. The van der Waals surface area contributed by atoms with Gasteiger partial charge in [-0.25, -0.2) is 0 Å². The molecule has 0 amide bonds. The van der Waals surface area contributed by atoms with Crippen molar-refractivity contribution in [1.82, 2.24) is 5.32 Å². The first-order valence-electron chi connectivity index (χ1n) is 7.22. The lowest BCUT2D eigenvalue weighted by Crippen LogP contribution is -2.36. The number of aliphatic carboxylic acids is 1. The van der Waals surface area contributed by atoms with E-state index >= 15 is 0 Å². The molecule has 0 saturated heterocycles. The van der Waals surface area contributed by atoms with Crippen molar-refractivity contribution in [2.24, 2.45) is 5.92 Å². The first kappa shape index (κ1) is 15.0. The van der Waals surface area contributed by atoms with E-state index in [9.17, 15) is 4.79 Å². The molecule has 0 bridgehead atoms. The largest absolute Gasteiger partial charge is 0.481 e. The molecule has 0 heterocycles. The SMILES string of the molecule is COCc1ccc(CNC2CCCC(C(=O)O)C2)cc1. The van der Waals surface area contributed by atoms with Crippen LogP contribution in [0.5, 0.6) is 0 Å². The molecule has 0 aliphatic heterocycles. The van der Waals surface area contributed by atoms with Crippen LogP contribution in [-0.2, 0) is 22.7 Å². The van der Waals surface area contributed by atoms with Gasteiger partial charge < -0.3 is 15.2 Å². The summed E-state index contributed by atoms with van der Waals surface area (Å²) >= 11 is 0. The van der Waals surface area contributed by atoms with Gasteiger partial charge in [-0.15, -0.1) is 0 Å². The van der Waals surface area contributed by atoms with Gasteiger partial charge >= 0.3 is 5.97 Å². The van der Waals surface area contributed by atoms with E-state index in [0.29, 0.717) is 12.6 Å². The Kier molecular flexibility index (Phi) is 5.56. The zero-order valence-corrected chi connectivity index (χ0v) is 12.0. The summed E-state index contributed by atoms with van der Waals surface area (Å²) in [6, 6.07) is 8.66. The fraction of sp³-hybridized carbons (Fsp3) is 0.562. The van der Waals surface area contributed by atoms with E-state index in [-0.39, 0.29) is 5.92 Å². The number of hydrogen-bond donors (Lipinski definition) is 2. The van der Waals surface area contributed by atoms with Crippen molar-refractivity contribution in [3.05, 3.63) is 35.4 Å². The van der Waals surface area contributed by atoms with Gasteiger partial charge in [0.2, 0.25) is 0 Å². The van der Waals surface area contributed by atoms with Gasteiger partial charge in [-0.05, 0) is 30.4 Å². The van der Waals surface area contributed by atoms with E-state index in [1.54, 1.807) is 7.11 Å². The number of carboxylic acids is 1. The molecule has 1 fully saturated rings. The molecule has 2 rings (SSSR count). The Morgan fingerprint density at radius 1 is 1.30 bits per heavy atom. The van der Waals surface area contributed by atoms with Crippen LogP contribution in [0.4, 0.5) is 0 Å². The summed E-state index contributed by atoms with van der Waals surface area (Å²) in [5, 5.41) is 12.6. The molecule has 2 atom stereocenters. The average Bonchev–Trinajstić information content (AvgIpc) is 2.47. The number of methoxy groups -OCH3 is 1. The molecular weight excluding hydrogens is 254 g/mol. The maximum absolute atomic E-state index is 11.0. The third-order valence-corrected chi connectivity index (χ3v) is 3.95. The molecule has 20 heavy (non-hydrogen) atoms. The molecule has 2 unspecified atom stereocenters. The highest BCUT2D eigenvalue weighted by molar-refractivity contribution is 5.70. The van der Waals surface area contributed by atoms with Crippen molar-refractivity contribution in [2.75, 3.05) is 7.11 Å². The predicted molar refractivity (Wildman–Crippen MR) is 77.4 cm³/mol. The highest BCUT2D eigenvalue weighted by Crippen LogP contribution is 2.24. The molecule has 0 aromatic heterocycles. The maximum atomic E-state index is 11.0. The summed E-state index contributed by atoms with van der Waals surface area (Å²) in [5.74, 6) is -0.828. The number of rotatable bonds is 6. The minimum atomic E-state index is -0.652. The van der Waals surface area contributed by atoms with E-state index in [4.69, 9.17) is 9.84 Å². The summed E-state index contributed by atoms with van der Waals surface area (Å²) in [6.07, 6.45) is 3.64. The van der Waals surface area contributed by atoms with E-state index in [1.165, 1.54) is 11.1 Å². The Morgan fingerprint density at radius 2 is 2.00 bits per heavy atom.